The Morgan fingerprint density at radius 3 is 2.65 bits per heavy atom. The van der Waals surface area contributed by atoms with E-state index in [-0.39, 0.29) is 11.8 Å². The molecule has 1 aliphatic carbocycles. The highest BCUT2D eigenvalue weighted by Crippen LogP contribution is 2.28. The quantitative estimate of drug-likeness (QED) is 0.827. The van der Waals surface area contributed by atoms with E-state index in [9.17, 15) is 13.5 Å². The second-order valence-corrected chi connectivity index (χ2v) is 6.52. The molecule has 1 aromatic rings. The fourth-order valence-corrected chi connectivity index (χ4v) is 3.17. The smallest absolute Gasteiger partial charge is 0.214 e. The Balaban J connectivity index is 1.97. The lowest BCUT2D eigenvalue weighted by atomic mass is 10.1. The predicted molar refractivity (Wildman–Crippen MR) is 63.1 cm³/mol. The highest BCUT2D eigenvalue weighted by Gasteiger charge is 2.35. The van der Waals surface area contributed by atoms with Crippen LogP contribution in [0.4, 0.5) is 0 Å². The van der Waals surface area contributed by atoms with Gasteiger partial charge in [-0.2, -0.15) is 0 Å². The Morgan fingerprint density at radius 2 is 2.18 bits per heavy atom. The van der Waals surface area contributed by atoms with E-state index < -0.39 is 16.1 Å². The summed E-state index contributed by atoms with van der Waals surface area (Å²) in [5.74, 6) is 1.34. The Labute approximate surface area is 101 Å². The Kier molecular flexibility index (Phi) is 3.29. The maximum absolute atomic E-state index is 11.6. The summed E-state index contributed by atoms with van der Waals surface area (Å²) >= 11 is 0. The molecule has 2 N–H and O–H groups in total. The van der Waals surface area contributed by atoms with E-state index in [0.29, 0.717) is 17.1 Å². The summed E-state index contributed by atoms with van der Waals surface area (Å²) in [6.07, 6.45) is 0.575. The molecule has 1 saturated carbocycles. The standard InChI is InChI=1S/C11H17NO4S/c1-7-5-10(8(2)16-7)11(13)6-12-17(14,15)9-3-4-9/h5,9,11-13H,3-4,6H2,1-2H3. The molecule has 0 radical (unpaired) electrons. The van der Waals surface area contributed by atoms with Crippen LogP contribution in [0.5, 0.6) is 0 Å². The first-order valence-corrected chi connectivity index (χ1v) is 7.18. The number of aryl methyl sites for hydroxylation is 2. The van der Waals surface area contributed by atoms with Crippen molar-refractivity contribution in [1.82, 2.24) is 4.72 Å². The number of aliphatic hydroxyl groups excluding tert-OH is 1. The molecule has 17 heavy (non-hydrogen) atoms. The van der Waals surface area contributed by atoms with Crippen LogP contribution in [0.3, 0.4) is 0 Å². The Hall–Kier alpha value is -0.850. The highest BCUT2D eigenvalue weighted by atomic mass is 32.2. The average molecular weight is 259 g/mol. The van der Waals surface area contributed by atoms with Gasteiger partial charge in [0.1, 0.15) is 11.5 Å². The fraction of sp³-hybridized carbons (Fsp3) is 0.636. The van der Waals surface area contributed by atoms with Gasteiger partial charge in [0.05, 0.1) is 11.4 Å². The number of hydrogen-bond acceptors (Lipinski definition) is 4. The summed E-state index contributed by atoms with van der Waals surface area (Å²) in [7, 11) is -3.24. The molecule has 0 aliphatic heterocycles. The van der Waals surface area contributed by atoms with E-state index in [1.807, 2.05) is 0 Å². The molecule has 96 valence electrons. The summed E-state index contributed by atoms with van der Waals surface area (Å²) in [5.41, 5.74) is 0.640. The first-order chi connectivity index (χ1) is 7.90. The van der Waals surface area contributed by atoms with E-state index in [2.05, 4.69) is 4.72 Å². The lowest BCUT2D eigenvalue weighted by Gasteiger charge is -2.11. The van der Waals surface area contributed by atoms with Gasteiger partial charge >= 0.3 is 0 Å². The van der Waals surface area contributed by atoms with E-state index in [4.69, 9.17) is 4.42 Å². The molecule has 1 atom stereocenters. The third kappa shape index (κ3) is 2.88. The van der Waals surface area contributed by atoms with Gasteiger partial charge in [-0.1, -0.05) is 0 Å². The Bertz CT molecular complexity index is 502. The van der Waals surface area contributed by atoms with Crippen molar-refractivity contribution in [2.24, 2.45) is 0 Å². The molecule has 0 bridgehead atoms. The molecule has 5 nitrogen and oxygen atoms in total. The molecule has 2 rings (SSSR count). The van der Waals surface area contributed by atoms with Gasteiger partial charge < -0.3 is 9.52 Å². The summed E-state index contributed by atoms with van der Waals surface area (Å²) < 4.78 is 30.9. The van der Waals surface area contributed by atoms with Gasteiger partial charge in [-0.05, 0) is 32.8 Å². The van der Waals surface area contributed by atoms with Crippen LogP contribution < -0.4 is 4.72 Å². The normalized spacial score (nSPS) is 18.3. The molecule has 0 aromatic carbocycles. The van der Waals surface area contributed by atoms with Gasteiger partial charge in [-0.3, -0.25) is 0 Å². The number of furan rings is 1. The molecule has 1 heterocycles. The van der Waals surface area contributed by atoms with Crippen LogP contribution in [0.15, 0.2) is 10.5 Å². The molecular weight excluding hydrogens is 242 g/mol. The second kappa shape index (κ2) is 4.44. The lowest BCUT2D eigenvalue weighted by molar-refractivity contribution is 0.180. The number of sulfonamides is 1. The fourth-order valence-electron chi connectivity index (χ4n) is 1.78. The van der Waals surface area contributed by atoms with Crippen LogP contribution in [-0.4, -0.2) is 25.3 Å². The van der Waals surface area contributed by atoms with E-state index in [1.165, 1.54) is 0 Å². The molecule has 6 heteroatoms. The molecule has 1 unspecified atom stereocenters. The third-order valence-electron chi connectivity index (χ3n) is 2.88. The number of rotatable bonds is 5. The molecule has 0 spiro atoms. The number of hydrogen-bond donors (Lipinski definition) is 2. The van der Waals surface area contributed by atoms with E-state index in [1.54, 1.807) is 19.9 Å². The summed E-state index contributed by atoms with van der Waals surface area (Å²) in [6, 6.07) is 1.73. The van der Waals surface area contributed by atoms with Crippen molar-refractivity contribution in [2.45, 2.75) is 38.0 Å². The average Bonchev–Trinajstić information content (AvgIpc) is 3.02. The van der Waals surface area contributed by atoms with Gasteiger partial charge in [-0.25, -0.2) is 13.1 Å². The van der Waals surface area contributed by atoms with Gasteiger partial charge in [0.15, 0.2) is 0 Å². The summed E-state index contributed by atoms with van der Waals surface area (Å²) in [5, 5.41) is 9.63. The molecule has 0 amide bonds. The van der Waals surface area contributed by atoms with Crippen LogP contribution >= 0.6 is 0 Å². The van der Waals surface area contributed by atoms with Crippen molar-refractivity contribution in [3.05, 3.63) is 23.2 Å². The van der Waals surface area contributed by atoms with Crippen molar-refractivity contribution in [1.29, 1.82) is 0 Å². The molecule has 1 aromatic heterocycles. The van der Waals surface area contributed by atoms with Gasteiger partial charge in [0.25, 0.3) is 0 Å². The van der Waals surface area contributed by atoms with Crippen molar-refractivity contribution in [3.8, 4) is 0 Å². The zero-order valence-electron chi connectivity index (χ0n) is 9.93. The largest absolute Gasteiger partial charge is 0.466 e. The predicted octanol–water partition coefficient (Wildman–Crippen LogP) is 1.01. The van der Waals surface area contributed by atoms with E-state index in [0.717, 1.165) is 12.8 Å². The van der Waals surface area contributed by atoms with Gasteiger partial charge in [-0.15, -0.1) is 0 Å². The minimum atomic E-state index is -3.24. The lowest BCUT2D eigenvalue weighted by Crippen LogP contribution is -2.31. The van der Waals surface area contributed by atoms with Crippen LogP contribution in [0.2, 0.25) is 0 Å². The van der Waals surface area contributed by atoms with Crippen molar-refractivity contribution >= 4 is 10.0 Å². The zero-order valence-corrected chi connectivity index (χ0v) is 10.8. The number of aliphatic hydroxyl groups is 1. The Morgan fingerprint density at radius 1 is 1.53 bits per heavy atom. The minimum Gasteiger partial charge on any atom is -0.466 e. The first-order valence-electron chi connectivity index (χ1n) is 5.63. The molecule has 1 aliphatic rings. The minimum absolute atomic E-state index is 0.00134. The van der Waals surface area contributed by atoms with Crippen LogP contribution in [0.1, 0.15) is 36.0 Å². The van der Waals surface area contributed by atoms with Crippen LogP contribution in [0.25, 0.3) is 0 Å². The van der Waals surface area contributed by atoms with Crippen molar-refractivity contribution in [2.75, 3.05) is 6.54 Å². The number of nitrogens with one attached hydrogen (secondary N) is 1. The molecule has 1 fully saturated rings. The second-order valence-electron chi connectivity index (χ2n) is 4.48. The maximum atomic E-state index is 11.6. The molecule has 0 saturated heterocycles. The molecular formula is C11H17NO4S. The summed E-state index contributed by atoms with van der Waals surface area (Å²) in [6.45, 7) is 3.54. The third-order valence-corrected chi connectivity index (χ3v) is 4.80. The first kappa shape index (κ1) is 12.6. The van der Waals surface area contributed by atoms with Crippen LogP contribution in [0, 0.1) is 13.8 Å². The van der Waals surface area contributed by atoms with Crippen LogP contribution in [-0.2, 0) is 10.0 Å². The topological polar surface area (TPSA) is 79.5 Å². The van der Waals surface area contributed by atoms with Gasteiger partial charge in [0, 0.05) is 12.1 Å². The van der Waals surface area contributed by atoms with E-state index >= 15 is 0 Å². The summed E-state index contributed by atoms with van der Waals surface area (Å²) in [4.78, 5) is 0. The van der Waals surface area contributed by atoms with Crippen molar-refractivity contribution < 1.29 is 17.9 Å². The monoisotopic (exact) mass is 259 g/mol. The highest BCUT2D eigenvalue weighted by molar-refractivity contribution is 7.90. The van der Waals surface area contributed by atoms with Crippen molar-refractivity contribution in [3.63, 3.8) is 0 Å². The zero-order chi connectivity index (χ0) is 12.6. The maximum Gasteiger partial charge on any atom is 0.214 e. The SMILES string of the molecule is Cc1cc(C(O)CNS(=O)(=O)C2CC2)c(C)o1. The van der Waals surface area contributed by atoms with Gasteiger partial charge in [0.2, 0.25) is 10.0 Å².